The van der Waals surface area contributed by atoms with E-state index in [0.29, 0.717) is 5.69 Å². The van der Waals surface area contributed by atoms with E-state index >= 15 is 0 Å². The quantitative estimate of drug-likeness (QED) is 0.685. The molecule has 0 spiro atoms. The number of hydrogen-bond donors (Lipinski definition) is 1. The molecular weight excluding hydrogens is 216 g/mol. The zero-order valence-electron chi connectivity index (χ0n) is 9.65. The van der Waals surface area contributed by atoms with Crippen molar-refractivity contribution < 1.29 is 9.53 Å². The molecule has 0 atom stereocenters. The highest BCUT2D eigenvalue weighted by Crippen LogP contribution is 2.29. The molecule has 0 saturated heterocycles. The molecule has 4 nitrogen and oxygen atoms in total. The minimum Gasteiger partial charge on any atom is -0.497 e. The first-order chi connectivity index (χ1) is 8.24. The van der Waals surface area contributed by atoms with Crippen molar-refractivity contribution in [2.45, 2.75) is 0 Å². The SMILES string of the molecule is COc1ccc2c(c1)[nH]c1cc(C=O)n(C)c12. The molecule has 0 aliphatic carbocycles. The van der Waals surface area contributed by atoms with Crippen molar-refractivity contribution in [1.82, 2.24) is 9.55 Å². The number of nitrogens with one attached hydrogen (secondary N) is 1. The smallest absolute Gasteiger partial charge is 0.166 e. The number of carbonyl (C=O) groups excluding carboxylic acids is 1. The number of nitrogens with zero attached hydrogens (tertiary/aromatic N) is 1. The van der Waals surface area contributed by atoms with Crippen LogP contribution in [0.5, 0.6) is 5.75 Å². The van der Waals surface area contributed by atoms with E-state index in [-0.39, 0.29) is 0 Å². The zero-order chi connectivity index (χ0) is 12.0. The van der Waals surface area contributed by atoms with Crippen LogP contribution in [0.25, 0.3) is 21.9 Å². The molecule has 4 heteroatoms. The Morgan fingerprint density at radius 2 is 2.12 bits per heavy atom. The van der Waals surface area contributed by atoms with Crippen LogP contribution in [0.3, 0.4) is 0 Å². The normalized spacial score (nSPS) is 11.2. The van der Waals surface area contributed by atoms with Gasteiger partial charge >= 0.3 is 0 Å². The minimum absolute atomic E-state index is 0.670. The van der Waals surface area contributed by atoms with E-state index in [2.05, 4.69) is 4.98 Å². The molecule has 0 aliphatic heterocycles. The average Bonchev–Trinajstić information content (AvgIpc) is 2.85. The zero-order valence-corrected chi connectivity index (χ0v) is 9.65. The number of aromatic nitrogens is 2. The summed E-state index contributed by atoms with van der Waals surface area (Å²) in [5.74, 6) is 0.819. The molecule has 0 amide bonds. The number of hydrogen-bond acceptors (Lipinski definition) is 2. The number of methoxy groups -OCH3 is 1. The second-order valence-electron chi connectivity index (χ2n) is 4.04. The molecule has 0 fully saturated rings. The van der Waals surface area contributed by atoms with Crippen LogP contribution in [0.4, 0.5) is 0 Å². The Labute approximate surface area is 97.8 Å². The van der Waals surface area contributed by atoms with Crippen LogP contribution >= 0.6 is 0 Å². The van der Waals surface area contributed by atoms with Gasteiger partial charge in [-0.1, -0.05) is 0 Å². The van der Waals surface area contributed by atoms with E-state index in [9.17, 15) is 4.79 Å². The Bertz CT molecular complexity index is 722. The summed E-state index contributed by atoms with van der Waals surface area (Å²) in [6.07, 6.45) is 0.864. The van der Waals surface area contributed by atoms with E-state index in [0.717, 1.165) is 34.0 Å². The predicted molar refractivity (Wildman–Crippen MR) is 66.7 cm³/mol. The van der Waals surface area contributed by atoms with Crippen molar-refractivity contribution in [1.29, 1.82) is 0 Å². The van der Waals surface area contributed by atoms with Gasteiger partial charge in [0, 0.05) is 18.5 Å². The molecule has 2 aromatic heterocycles. The fourth-order valence-corrected chi connectivity index (χ4v) is 2.26. The van der Waals surface area contributed by atoms with Crippen molar-refractivity contribution in [3.8, 4) is 5.75 Å². The second-order valence-corrected chi connectivity index (χ2v) is 4.04. The fraction of sp³-hybridized carbons (Fsp3) is 0.154. The summed E-state index contributed by atoms with van der Waals surface area (Å²) in [5.41, 5.74) is 3.70. The molecule has 17 heavy (non-hydrogen) atoms. The number of aryl methyl sites for hydroxylation is 1. The number of ether oxygens (including phenoxy) is 1. The fourth-order valence-electron chi connectivity index (χ4n) is 2.26. The van der Waals surface area contributed by atoms with Crippen LogP contribution in [-0.4, -0.2) is 22.9 Å². The van der Waals surface area contributed by atoms with Crippen molar-refractivity contribution in [3.05, 3.63) is 30.0 Å². The van der Waals surface area contributed by atoms with E-state index < -0.39 is 0 Å². The summed E-state index contributed by atoms with van der Waals surface area (Å²) in [6.45, 7) is 0. The summed E-state index contributed by atoms with van der Waals surface area (Å²) in [7, 11) is 3.54. The van der Waals surface area contributed by atoms with E-state index in [1.807, 2.05) is 35.9 Å². The summed E-state index contributed by atoms with van der Waals surface area (Å²) in [4.78, 5) is 14.2. The number of H-pyrrole nitrogens is 1. The Morgan fingerprint density at radius 1 is 1.29 bits per heavy atom. The van der Waals surface area contributed by atoms with Gasteiger partial charge in [0.2, 0.25) is 0 Å². The van der Waals surface area contributed by atoms with Crippen LogP contribution in [-0.2, 0) is 7.05 Å². The first kappa shape index (κ1) is 9.96. The van der Waals surface area contributed by atoms with Crippen LogP contribution < -0.4 is 4.74 Å². The third-order valence-corrected chi connectivity index (χ3v) is 3.14. The molecule has 0 radical (unpaired) electrons. The summed E-state index contributed by atoms with van der Waals surface area (Å²) < 4.78 is 7.08. The second kappa shape index (κ2) is 3.38. The maximum absolute atomic E-state index is 10.9. The number of aromatic amines is 1. The summed E-state index contributed by atoms with van der Waals surface area (Å²) in [5, 5.41) is 1.09. The van der Waals surface area contributed by atoms with Crippen LogP contribution in [0, 0.1) is 0 Å². The molecule has 1 N–H and O–H groups in total. The molecule has 0 saturated carbocycles. The van der Waals surface area contributed by atoms with Gasteiger partial charge in [-0.2, -0.15) is 0 Å². The molecular formula is C13H12N2O2. The number of carbonyl (C=O) groups is 1. The van der Waals surface area contributed by atoms with Gasteiger partial charge in [0.1, 0.15) is 5.75 Å². The number of fused-ring (bicyclic) bond motifs is 3. The monoisotopic (exact) mass is 228 g/mol. The van der Waals surface area contributed by atoms with Crippen molar-refractivity contribution in [2.75, 3.05) is 7.11 Å². The lowest BCUT2D eigenvalue weighted by atomic mass is 10.2. The Morgan fingerprint density at radius 3 is 2.82 bits per heavy atom. The summed E-state index contributed by atoms with van der Waals surface area (Å²) in [6, 6.07) is 7.73. The maximum atomic E-state index is 10.9. The lowest BCUT2D eigenvalue weighted by Crippen LogP contribution is -1.93. The van der Waals surface area contributed by atoms with Gasteiger partial charge in [-0.15, -0.1) is 0 Å². The molecule has 0 aliphatic rings. The first-order valence-electron chi connectivity index (χ1n) is 5.35. The molecule has 1 aromatic carbocycles. The van der Waals surface area contributed by atoms with Gasteiger partial charge in [-0.25, -0.2) is 0 Å². The minimum atomic E-state index is 0.670. The molecule has 2 heterocycles. The third kappa shape index (κ3) is 1.27. The highest BCUT2D eigenvalue weighted by molar-refractivity contribution is 6.07. The van der Waals surface area contributed by atoms with Crippen molar-refractivity contribution in [3.63, 3.8) is 0 Å². The van der Waals surface area contributed by atoms with Gasteiger partial charge in [0.15, 0.2) is 6.29 Å². The Balaban J connectivity index is 2.41. The Kier molecular flexibility index (Phi) is 1.98. The molecule has 3 rings (SSSR count). The summed E-state index contributed by atoms with van der Waals surface area (Å²) >= 11 is 0. The van der Waals surface area contributed by atoms with Crippen LogP contribution in [0.1, 0.15) is 10.5 Å². The van der Waals surface area contributed by atoms with Gasteiger partial charge < -0.3 is 14.3 Å². The highest BCUT2D eigenvalue weighted by atomic mass is 16.5. The topological polar surface area (TPSA) is 47.0 Å². The highest BCUT2D eigenvalue weighted by Gasteiger charge is 2.11. The molecule has 0 bridgehead atoms. The Hall–Kier alpha value is -2.23. The standard InChI is InChI=1S/C13H12N2O2/c1-15-8(7-16)5-12-13(15)10-4-3-9(17-2)6-11(10)14-12/h3-7,14H,1-2H3. The average molecular weight is 228 g/mol. The molecule has 0 unspecified atom stereocenters. The van der Waals surface area contributed by atoms with Gasteiger partial charge in [-0.05, 0) is 18.2 Å². The van der Waals surface area contributed by atoms with E-state index in [4.69, 9.17) is 4.74 Å². The van der Waals surface area contributed by atoms with Gasteiger partial charge in [0.05, 0.1) is 29.4 Å². The molecule has 86 valence electrons. The third-order valence-electron chi connectivity index (χ3n) is 3.14. The van der Waals surface area contributed by atoms with E-state index in [1.54, 1.807) is 7.11 Å². The maximum Gasteiger partial charge on any atom is 0.166 e. The van der Waals surface area contributed by atoms with Crippen molar-refractivity contribution in [2.24, 2.45) is 7.05 Å². The van der Waals surface area contributed by atoms with Crippen LogP contribution in [0.15, 0.2) is 24.3 Å². The number of rotatable bonds is 2. The lowest BCUT2D eigenvalue weighted by Gasteiger charge is -2.00. The van der Waals surface area contributed by atoms with Gasteiger partial charge in [-0.3, -0.25) is 4.79 Å². The first-order valence-corrected chi connectivity index (χ1v) is 5.35. The number of benzene rings is 1. The predicted octanol–water partition coefficient (Wildman–Crippen LogP) is 2.48. The lowest BCUT2D eigenvalue weighted by molar-refractivity contribution is 0.111. The van der Waals surface area contributed by atoms with Gasteiger partial charge in [0.25, 0.3) is 0 Å². The largest absolute Gasteiger partial charge is 0.497 e. The number of aldehydes is 1. The van der Waals surface area contributed by atoms with E-state index in [1.165, 1.54) is 0 Å². The molecule has 3 aromatic rings. The van der Waals surface area contributed by atoms with Crippen LogP contribution in [0.2, 0.25) is 0 Å². The van der Waals surface area contributed by atoms with Crippen molar-refractivity contribution >= 4 is 28.2 Å².